The zero-order valence-corrected chi connectivity index (χ0v) is 8.29. The average molecular weight is 170 g/mol. The smallest absolute Gasteiger partial charge is 0.145 e. The lowest BCUT2D eigenvalue weighted by atomic mass is 10.3. The van der Waals surface area contributed by atoms with Gasteiger partial charge in [0, 0.05) is 0 Å². The monoisotopic (exact) mass is 170 g/mol. The molecule has 0 aromatic heterocycles. The highest BCUT2D eigenvalue weighted by Crippen LogP contribution is 1.84. The van der Waals surface area contributed by atoms with Gasteiger partial charge in [0.2, 0.25) is 0 Å². The van der Waals surface area contributed by atoms with Gasteiger partial charge in [-0.2, -0.15) is 0 Å². The van der Waals surface area contributed by atoms with Crippen LogP contribution in [0.5, 0.6) is 0 Å². The highest BCUT2D eigenvalue weighted by molar-refractivity contribution is 5.71. The minimum Gasteiger partial charge on any atom is -0.392 e. The molecule has 0 amide bonds. The molecule has 0 spiro atoms. The first-order valence-corrected chi connectivity index (χ1v) is 3.93. The van der Waals surface area contributed by atoms with E-state index in [1.807, 2.05) is 26.8 Å². The Balaban J connectivity index is 0. The molecule has 0 heterocycles. The Labute approximate surface area is 74.6 Å². The maximum Gasteiger partial charge on any atom is 0.145 e. The predicted octanol–water partition coefficient (Wildman–Crippen LogP) is 2.10. The van der Waals surface area contributed by atoms with Crippen LogP contribution in [0.3, 0.4) is 0 Å². The van der Waals surface area contributed by atoms with Crippen molar-refractivity contribution in [1.29, 1.82) is 0 Å². The molecule has 12 heavy (non-hydrogen) atoms. The highest BCUT2D eigenvalue weighted by atomic mass is 16.3. The van der Waals surface area contributed by atoms with Gasteiger partial charge in [0.25, 0.3) is 0 Å². The van der Waals surface area contributed by atoms with Gasteiger partial charge in [-0.15, -0.1) is 0 Å². The van der Waals surface area contributed by atoms with E-state index in [1.165, 1.54) is 0 Å². The van der Waals surface area contributed by atoms with Crippen LogP contribution in [-0.2, 0) is 4.79 Å². The van der Waals surface area contributed by atoms with E-state index < -0.39 is 0 Å². The lowest BCUT2D eigenvalue weighted by Crippen LogP contribution is -1.79. The largest absolute Gasteiger partial charge is 0.392 e. The SMILES string of the molecule is C/C=C(\C)C=O.C/C=C(\C)CO. The third-order valence-corrected chi connectivity index (χ3v) is 1.38. The number of hydrogen-bond donors (Lipinski definition) is 1. The van der Waals surface area contributed by atoms with Crippen molar-refractivity contribution in [2.24, 2.45) is 0 Å². The van der Waals surface area contributed by atoms with Crippen molar-refractivity contribution >= 4 is 6.29 Å². The molecule has 0 rings (SSSR count). The van der Waals surface area contributed by atoms with Crippen LogP contribution >= 0.6 is 0 Å². The molecule has 0 saturated carbocycles. The Morgan fingerprint density at radius 3 is 1.75 bits per heavy atom. The van der Waals surface area contributed by atoms with Crippen molar-refractivity contribution in [2.75, 3.05) is 6.61 Å². The third-order valence-electron chi connectivity index (χ3n) is 1.38. The second kappa shape index (κ2) is 10.1. The molecule has 0 saturated heterocycles. The number of carbonyl (C=O) groups excluding carboxylic acids is 1. The summed E-state index contributed by atoms with van der Waals surface area (Å²) in [4.78, 5) is 9.67. The van der Waals surface area contributed by atoms with Gasteiger partial charge in [-0.05, 0) is 33.3 Å². The van der Waals surface area contributed by atoms with Crippen LogP contribution in [0.1, 0.15) is 27.7 Å². The van der Waals surface area contributed by atoms with Gasteiger partial charge in [-0.1, -0.05) is 17.7 Å². The van der Waals surface area contributed by atoms with E-state index in [4.69, 9.17) is 5.11 Å². The molecule has 0 aromatic carbocycles. The summed E-state index contributed by atoms with van der Waals surface area (Å²) in [6.07, 6.45) is 4.49. The number of aliphatic hydroxyl groups excluding tert-OH is 1. The molecule has 2 heteroatoms. The first kappa shape index (κ1) is 13.7. The molecule has 0 aliphatic rings. The third kappa shape index (κ3) is 11.9. The molecule has 70 valence electrons. The molecule has 0 atom stereocenters. The maximum absolute atomic E-state index is 9.67. The fraction of sp³-hybridized carbons (Fsp3) is 0.500. The van der Waals surface area contributed by atoms with Crippen LogP contribution in [0.4, 0.5) is 0 Å². The van der Waals surface area contributed by atoms with Crippen LogP contribution < -0.4 is 0 Å². The van der Waals surface area contributed by atoms with Gasteiger partial charge >= 0.3 is 0 Å². The Morgan fingerprint density at radius 2 is 1.75 bits per heavy atom. The molecular formula is C10H18O2. The lowest BCUT2D eigenvalue weighted by Gasteiger charge is -1.84. The zero-order valence-electron chi connectivity index (χ0n) is 8.29. The van der Waals surface area contributed by atoms with E-state index >= 15 is 0 Å². The minimum atomic E-state index is 0.191. The molecule has 0 aliphatic heterocycles. The van der Waals surface area contributed by atoms with Gasteiger partial charge in [-0.3, -0.25) is 4.79 Å². The van der Waals surface area contributed by atoms with Crippen LogP contribution in [0.25, 0.3) is 0 Å². The van der Waals surface area contributed by atoms with Gasteiger partial charge in [0.05, 0.1) is 6.61 Å². The van der Waals surface area contributed by atoms with Crippen LogP contribution in [0, 0.1) is 0 Å². The zero-order chi connectivity index (χ0) is 9.98. The van der Waals surface area contributed by atoms with E-state index in [-0.39, 0.29) is 6.61 Å². The van der Waals surface area contributed by atoms with Crippen molar-refractivity contribution in [1.82, 2.24) is 0 Å². The molecule has 0 fully saturated rings. The molecule has 0 bridgehead atoms. The Kier molecular flexibility index (Phi) is 11.5. The summed E-state index contributed by atoms with van der Waals surface area (Å²) in [7, 11) is 0. The summed E-state index contributed by atoms with van der Waals surface area (Å²) in [5, 5.41) is 8.27. The molecule has 1 N–H and O–H groups in total. The van der Waals surface area contributed by atoms with Crippen molar-refractivity contribution in [3.05, 3.63) is 23.3 Å². The summed E-state index contributed by atoms with van der Waals surface area (Å²) in [5.74, 6) is 0. The number of hydrogen-bond acceptors (Lipinski definition) is 2. The van der Waals surface area contributed by atoms with E-state index in [0.29, 0.717) is 0 Å². The van der Waals surface area contributed by atoms with Gasteiger partial charge in [-0.25, -0.2) is 0 Å². The number of aldehydes is 1. The summed E-state index contributed by atoms with van der Waals surface area (Å²) in [5.41, 5.74) is 1.81. The number of rotatable bonds is 2. The van der Waals surface area contributed by atoms with E-state index in [2.05, 4.69) is 0 Å². The van der Waals surface area contributed by atoms with Gasteiger partial charge < -0.3 is 5.11 Å². The highest BCUT2D eigenvalue weighted by Gasteiger charge is 1.74. The van der Waals surface area contributed by atoms with Crippen molar-refractivity contribution in [2.45, 2.75) is 27.7 Å². The fourth-order valence-corrected chi connectivity index (χ4v) is 0.159. The molecule has 0 aromatic rings. The molecule has 0 unspecified atom stereocenters. The number of aliphatic hydroxyl groups is 1. The van der Waals surface area contributed by atoms with E-state index in [1.54, 1.807) is 13.0 Å². The standard InChI is InChI=1S/C5H10O.C5H8O/c2*1-3-5(2)4-6/h3,6H,4H2,1-2H3;3-4H,1-2H3/b2*5-3+. The van der Waals surface area contributed by atoms with Crippen LogP contribution in [0.15, 0.2) is 23.3 Å². The first-order chi connectivity index (χ1) is 5.62. The summed E-state index contributed by atoms with van der Waals surface area (Å²) in [6.45, 7) is 7.60. The van der Waals surface area contributed by atoms with Crippen molar-refractivity contribution in [3.8, 4) is 0 Å². The Bertz CT molecular complexity index is 167. The predicted molar refractivity (Wildman–Crippen MR) is 52.0 cm³/mol. The van der Waals surface area contributed by atoms with Crippen LogP contribution in [-0.4, -0.2) is 18.0 Å². The average Bonchev–Trinajstić information content (AvgIpc) is 2.16. The van der Waals surface area contributed by atoms with Crippen molar-refractivity contribution < 1.29 is 9.90 Å². The molecule has 2 nitrogen and oxygen atoms in total. The minimum absolute atomic E-state index is 0.191. The quantitative estimate of drug-likeness (QED) is 0.391. The van der Waals surface area contributed by atoms with E-state index in [9.17, 15) is 4.79 Å². The topological polar surface area (TPSA) is 37.3 Å². The molecule has 0 aliphatic carbocycles. The second-order valence-corrected chi connectivity index (χ2v) is 2.44. The number of allylic oxidation sites excluding steroid dienone is 3. The summed E-state index contributed by atoms with van der Waals surface area (Å²) >= 11 is 0. The van der Waals surface area contributed by atoms with E-state index in [0.717, 1.165) is 17.4 Å². The molecular weight excluding hydrogens is 152 g/mol. The Hall–Kier alpha value is -0.890. The maximum atomic E-state index is 9.67. The fourth-order valence-electron chi connectivity index (χ4n) is 0.159. The van der Waals surface area contributed by atoms with Gasteiger partial charge in [0.1, 0.15) is 6.29 Å². The second-order valence-electron chi connectivity index (χ2n) is 2.44. The lowest BCUT2D eigenvalue weighted by molar-refractivity contribution is -0.104. The number of carbonyl (C=O) groups is 1. The molecule has 0 radical (unpaired) electrons. The summed E-state index contributed by atoms with van der Waals surface area (Å²) < 4.78 is 0. The Morgan fingerprint density at radius 1 is 1.25 bits per heavy atom. The normalized spacial score (nSPS) is 11.8. The van der Waals surface area contributed by atoms with Crippen molar-refractivity contribution in [3.63, 3.8) is 0 Å². The summed E-state index contributed by atoms with van der Waals surface area (Å²) in [6, 6.07) is 0. The van der Waals surface area contributed by atoms with Crippen LogP contribution in [0.2, 0.25) is 0 Å². The van der Waals surface area contributed by atoms with Gasteiger partial charge in [0.15, 0.2) is 0 Å². The first-order valence-electron chi connectivity index (χ1n) is 3.93.